The zero-order chi connectivity index (χ0) is 23.6. The van der Waals surface area contributed by atoms with E-state index < -0.39 is 5.60 Å². The molecule has 0 fully saturated rings. The van der Waals surface area contributed by atoms with Gasteiger partial charge in [-0.25, -0.2) is 0 Å². The second kappa shape index (κ2) is 11.6. The predicted octanol–water partition coefficient (Wildman–Crippen LogP) is 7.00. The first-order valence-electron chi connectivity index (χ1n) is 11.8. The number of benzene rings is 4. The minimum absolute atomic E-state index is 0.0575. The highest BCUT2D eigenvalue weighted by Crippen LogP contribution is 2.40. The van der Waals surface area contributed by atoms with Crippen LogP contribution in [-0.4, -0.2) is 19.8 Å². The van der Waals surface area contributed by atoms with Gasteiger partial charge in [-0.3, -0.25) is 0 Å². The molecule has 1 atom stereocenters. The van der Waals surface area contributed by atoms with E-state index in [0.717, 1.165) is 34.4 Å². The van der Waals surface area contributed by atoms with Crippen molar-refractivity contribution in [1.82, 2.24) is 0 Å². The second-order valence-electron chi connectivity index (χ2n) is 8.39. The number of hydrogen-bond donors (Lipinski definition) is 0. The molecule has 0 saturated carbocycles. The van der Waals surface area contributed by atoms with Crippen molar-refractivity contribution in [3.63, 3.8) is 0 Å². The molecule has 4 rings (SSSR count). The smallest absolute Gasteiger partial charge is 0.143 e. The topological polar surface area (TPSA) is 27.7 Å². The molecule has 0 aliphatic rings. The Morgan fingerprint density at radius 3 is 1.56 bits per heavy atom. The van der Waals surface area contributed by atoms with Crippen LogP contribution in [0.2, 0.25) is 0 Å². The van der Waals surface area contributed by atoms with Crippen LogP contribution in [0.25, 0.3) is 0 Å². The molecule has 0 unspecified atom stereocenters. The lowest BCUT2D eigenvalue weighted by atomic mass is 9.80. The maximum absolute atomic E-state index is 6.84. The van der Waals surface area contributed by atoms with Gasteiger partial charge in [0, 0.05) is 0 Å². The van der Waals surface area contributed by atoms with E-state index in [2.05, 4.69) is 79.7 Å². The highest BCUT2D eigenvalue weighted by molar-refractivity contribution is 5.47. The summed E-state index contributed by atoms with van der Waals surface area (Å²) in [5, 5.41) is 0. The average Bonchev–Trinajstić information content (AvgIpc) is 2.92. The van der Waals surface area contributed by atoms with Gasteiger partial charge in [0.15, 0.2) is 0 Å². The number of methoxy groups -OCH3 is 1. The molecule has 0 amide bonds. The van der Waals surface area contributed by atoms with E-state index in [1.807, 2.05) is 42.5 Å². The molecular weight excluding hydrogens is 420 g/mol. The van der Waals surface area contributed by atoms with E-state index >= 15 is 0 Å². The summed E-state index contributed by atoms with van der Waals surface area (Å²) in [5.41, 5.74) is 3.76. The lowest BCUT2D eigenvalue weighted by Crippen LogP contribution is -2.34. The van der Waals surface area contributed by atoms with Gasteiger partial charge in [0.2, 0.25) is 0 Å². The average molecular weight is 453 g/mol. The van der Waals surface area contributed by atoms with Crippen molar-refractivity contribution in [3.8, 4) is 5.75 Å². The SMILES string of the molecule is COc1ccc(CO[C@H](C)CCOC(c2ccccc2)(c2ccccc2)c2ccccc2)cc1. The Hall–Kier alpha value is -3.40. The van der Waals surface area contributed by atoms with Crippen LogP contribution in [-0.2, 0) is 21.7 Å². The molecule has 0 aromatic heterocycles. The first-order valence-corrected chi connectivity index (χ1v) is 11.8. The van der Waals surface area contributed by atoms with Crippen molar-refractivity contribution in [2.45, 2.75) is 31.7 Å². The molecule has 0 aliphatic carbocycles. The van der Waals surface area contributed by atoms with Gasteiger partial charge in [0.05, 0.1) is 26.4 Å². The summed E-state index contributed by atoms with van der Waals surface area (Å²) >= 11 is 0. The van der Waals surface area contributed by atoms with E-state index in [1.54, 1.807) is 7.11 Å². The van der Waals surface area contributed by atoms with Crippen molar-refractivity contribution in [2.75, 3.05) is 13.7 Å². The Morgan fingerprint density at radius 2 is 1.12 bits per heavy atom. The van der Waals surface area contributed by atoms with Gasteiger partial charge in [0.1, 0.15) is 11.4 Å². The third-order valence-electron chi connectivity index (χ3n) is 6.08. The van der Waals surface area contributed by atoms with Crippen LogP contribution in [0.15, 0.2) is 115 Å². The molecule has 174 valence electrons. The minimum Gasteiger partial charge on any atom is -0.497 e. The van der Waals surface area contributed by atoms with Gasteiger partial charge >= 0.3 is 0 Å². The molecule has 0 bridgehead atoms. The summed E-state index contributed by atoms with van der Waals surface area (Å²) in [6.07, 6.45) is 0.840. The second-order valence-corrected chi connectivity index (χ2v) is 8.39. The number of hydrogen-bond acceptors (Lipinski definition) is 3. The molecule has 0 heterocycles. The Morgan fingerprint density at radius 1 is 0.647 bits per heavy atom. The van der Waals surface area contributed by atoms with Gasteiger partial charge < -0.3 is 14.2 Å². The van der Waals surface area contributed by atoms with Crippen molar-refractivity contribution in [3.05, 3.63) is 138 Å². The Bertz CT molecular complexity index is 1010. The van der Waals surface area contributed by atoms with E-state index in [9.17, 15) is 0 Å². The van der Waals surface area contributed by atoms with Crippen LogP contribution in [0.5, 0.6) is 5.75 Å². The van der Waals surface area contributed by atoms with E-state index in [0.29, 0.717) is 13.2 Å². The standard InChI is InChI=1S/C31H32O3/c1-25(33-24-26-18-20-30(32-2)21-19-26)22-23-34-31(27-12-6-3-7-13-27,28-14-8-4-9-15-28)29-16-10-5-11-17-29/h3-21,25H,22-24H2,1-2H3/t25-/m1/s1. The molecular formula is C31H32O3. The molecule has 34 heavy (non-hydrogen) atoms. The Labute approximate surface area is 202 Å². The number of ether oxygens (including phenoxy) is 3. The molecule has 3 nitrogen and oxygen atoms in total. The van der Waals surface area contributed by atoms with Crippen LogP contribution in [0, 0.1) is 0 Å². The first-order chi connectivity index (χ1) is 16.7. The first kappa shape index (κ1) is 23.7. The van der Waals surface area contributed by atoms with Gasteiger partial charge in [-0.15, -0.1) is 0 Å². The van der Waals surface area contributed by atoms with Gasteiger partial charge in [0.25, 0.3) is 0 Å². The lowest BCUT2D eigenvalue weighted by Gasteiger charge is -2.36. The molecule has 3 heteroatoms. The van der Waals surface area contributed by atoms with E-state index in [4.69, 9.17) is 14.2 Å². The van der Waals surface area contributed by atoms with Crippen molar-refractivity contribution >= 4 is 0 Å². The van der Waals surface area contributed by atoms with Gasteiger partial charge in [-0.05, 0) is 47.7 Å². The van der Waals surface area contributed by atoms with Crippen molar-refractivity contribution < 1.29 is 14.2 Å². The monoisotopic (exact) mass is 452 g/mol. The number of rotatable bonds is 11. The third kappa shape index (κ3) is 5.56. The summed E-state index contributed by atoms with van der Waals surface area (Å²) in [6, 6.07) is 39.4. The van der Waals surface area contributed by atoms with E-state index in [1.165, 1.54) is 0 Å². The van der Waals surface area contributed by atoms with Crippen LogP contribution >= 0.6 is 0 Å². The van der Waals surface area contributed by atoms with Gasteiger partial charge in [-0.2, -0.15) is 0 Å². The van der Waals surface area contributed by atoms with Gasteiger partial charge in [-0.1, -0.05) is 103 Å². The fourth-order valence-electron chi connectivity index (χ4n) is 4.19. The molecule has 4 aromatic carbocycles. The Balaban J connectivity index is 1.52. The zero-order valence-electron chi connectivity index (χ0n) is 19.9. The maximum Gasteiger partial charge on any atom is 0.143 e. The predicted molar refractivity (Wildman–Crippen MR) is 137 cm³/mol. The fourth-order valence-corrected chi connectivity index (χ4v) is 4.19. The zero-order valence-corrected chi connectivity index (χ0v) is 19.9. The third-order valence-corrected chi connectivity index (χ3v) is 6.08. The largest absolute Gasteiger partial charge is 0.497 e. The molecule has 4 aromatic rings. The summed E-state index contributed by atoms with van der Waals surface area (Å²) in [7, 11) is 1.67. The van der Waals surface area contributed by atoms with Crippen LogP contribution in [0.1, 0.15) is 35.6 Å². The highest BCUT2D eigenvalue weighted by atomic mass is 16.5. The summed E-state index contributed by atoms with van der Waals surface area (Å²) in [6.45, 7) is 3.22. The summed E-state index contributed by atoms with van der Waals surface area (Å²) < 4.78 is 18.2. The quantitative estimate of drug-likeness (QED) is 0.229. The van der Waals surface area contributed by atoms with Crippen LogP contribution in [0.3, 0.4) is 0 Å². The molecule has 0 N–H and O–H groups in total. The lowest BCUT2D eigenvalue weighted by molar-refractivity contribution is -0.0222. The summed E-state index contributed by atoms with van der Waals surface area (Å²) in [5.74, 6) is 0.851. The van der Waals surface area contributed by atoms with Crippen LogP contribution < -0.4 is 4.74 Å². The molecule has 0 saturated heterocycles. The van der Waals surface area contributed by atoms with Crippen LogP contribution in [0.4, 0.5) is 0 Å². The Kier molecular flexibility index (Phi) is 8.13. The normalized spacial score (nSPS) is 12.3. The van der Waals surface area contributed by atoms with Crippen molar-refractivity contribution in [1.29, 1.82) is 0 Å². The van der Waals surface area contributed by atoms with Crippen molar-refractivity contribution in [2.24, 2.45) is 0 Å². The van der Waals surface area contributed by atoms with E-state index in [-0.39, 0.29) is 6.10 Å². The molecule has 0 aliphatic heterocycles. The maximum atomic E-state index is 6.84. The minimum atomic E-state index is -0.695. The molecule has 0 radical (unpaired) electrons. The summed E-state index contributed by atoms with van der Waals surface area (Å²) in [4.78, 5) is 0. The highest BCUT2D eigenvalue weighted by Gasteiger charge is 2.37. The molecule has 0 spiro atoms. The fraction of sp³-hybridized carbons (Fsp3) is 0.226.